The molecule has 0 aromatic rings. The predicted molar refractivity (Wildman–Crippen MR) is 81.5 cm³/mol. The van der Waals surface area contributed by atoms with Gasteiger partial charge in [-0.15, -0.1) is 0 Å². The maximum atomic E-state index is 11.8. The first-order valence-corrected chi connectivity index (χ1v) is 7.60. The minimum absolute atomic E-state index is 0.0942. The van der Waals surface area contributed by atoms with Crippen LogP contribution in [0.2, 0.25) is 0 Å². The third-order valence-electron chi connectivity index (χ3n) is 3.46. The number of ether oxygens (including phenoxy) is 3. The van der Waals surface area contributed by atoms with E-state index >= 15 is 0 Å². The van der Waals surface area contributed by atoms with E-state index in [1.807, 2.05) is 27.7 Å². The third kappa shape index (κ3) is 5.80. The monoisotopic (exact) mass is 302 g/mol. The van der Waals surface area contributed by atoms with Gasteiger partial charge in [0.25, 0.3) is 0 Å². The third-order valence-corrected chi connectivity index (χ3v) is 3.46. The number of carbonyl (C=O) groups is 1. The van der Waals surface area contributed by atoms with Gasteiger partial charge in [0.05, 0.1) is 12.2 Å². The smallest absolute Gasteiger partial charge is 0.410 e. The molecule has 0 radical (unpaired) electrons. The Morgan fingerprint density at radius 3 is 2.57 bits per heavy atom. The highest BCUT2D eigenvalue weighted by Gasteiger charge is 2.41. The summed E-state index contributed by atoms with van der Waals surface area (Å²) in [5.74, 6) is 0. The van der Waals surface area contributed by atoms with E-state index in [1.165, 1.54) is 0 Å². The highest BCUT2D eigenvalue weighted by atomic mass is 16.6. The molecule has 3 atom stereocenters. The van der Waals surface area contributed by atoms with Gasteiger partial charge in [0, 0.05) is 39.9 Å². The maximum Gasteiger partial charge on any atom is 0.410 e. The Kier molecular flexibility index (Phi) is 6.90. The lowest BCUT2D eigenvalue weighted by Crippen LogP contribution is -2.60. The van der Waals surface area contributed by atoms with Crippen molar-refractivity contribution in [3.05, 3.63) is 0 Å². The lowest BCUT2D eigenvalue weighted by molar-refractivity contribution is -0.131. The van der Waals surface area contributed by atoms with Crippen LogP contribution in [0.1, 0.15) is 34.1 Å². The van der Waals surface area contributed by atoms with Crippen molar-refractivity contribution < 1.29 is 19.0 Å². The molecule has 0 bridgehead atoms. The van der Waals surface area contributed by atoms with Crippen LogP contribution < -0.4 is 5.32 Å². The van der Waals surface area contributed by atoms with E-state index in [9.17, 15) is 4.79 Å². The van der Waals surface area contributed by atoms with E-state index in [-0.39, 0.29) is 18.3 Å². The molecule has 1 N–H and O–H groups in total. The molecule has 0 heterocycles. The SMILES string of the molecule is CCOC1CC(NCCN(C)C(=O)OC(C)(C)C)C1OC. The number of rotatable bonds is 7. The van der Waals surface area contributed by atoms with Crippen molar-refractivity contribution in [3.8, 4) is 0 Å². The van der Waals surface area contributed by atoms with Crippen LogP contribution in [0.15, 0.2) is 0 Å². The van der Waals surface area contributed by atoms with Crippen LogP contribution in [-0.4, -0.2) is 68.7 Å². The fraction of sp³-hybridized carbons (Fsp3) is 0.933. The average Bonchev–Trinajstić information content (AvgIpc) is 2.34. The summed E-state index contributed by atoms with van der Waals surface area (Å²) in [4.78, 5) is 13.4. The first-order valence-electron chi connectivity index (χ1n) is 7.60. The molecule has 3 unspecified atom stereocenters. The van der Waals surface area contributed by atoms with Crippen LogP contribution in [-0.2, 0) is 14.2 Å². The molecule has 0 aliphatic heterocycles. The van der Waals surface area contributed by atoms with E-state index in [4.69, 9.17) is 14.2 Å². The fourth-order valence-corrected chi connectivity index (χ4v) is 2.32. The zero-order chi connectivity index (χ0) is 16.0. The van der Waals surface area contributed by atoms with Gasteiger partial charge in [0.1, 0.15) is 5.60 Å². The molecule has 0 saturated heterocycles. The summed E-state index contributed by atoms with van der Waals surface area (Å²) in [5.41, 5.74) is -0.460. The van der Waals surface area contributed by atoms with E-state index < -0.39 is 5.60 Å². The molecule has 1 amide bonds. The van der Waals surface area contributed by atoms with Gasteiger partial charge in [-0.05, 0) is 34.1 Å². The minimum atomic E-state index is -0.460. The summed E-state index contributed by atoms with van der Waals surface area (Å²) >= 11 is 0. The van der Waals surface area contributed by atoms with Crippen LogP contribution >= 0.6 is 0 Å². The predicted octanol–water partition coefficient (Wildman–Crippen LogP) is 1.64. The van der Waals surface area contributed by atoms with Crippen LogP contribution in [0.3, 0.4) is 0 Å². The van der Waals surface area contributed by atoms with E-state index in [1.54, 1.807) is 19.1 Å². The molecule has 0 aromatic carbocycles. The summed E-state index contributed by atoms with van der Waals surface area (Å²) in [7, 11) is 3.45. The van der Waals surface area contributed by atoms with E-state index in [2.05, 4.69) is 5.32 Å². The molecule has 1 aliphatic carbocycles. The number of hydrogen-bond acceptors (Lipinski definition) is 5. The summed E-state index contributed by atoms with van der Waals surface area (Å²) in [6, 6.07) is 0.290. The van der Waals surface area contributed by atoms with Crippen molar-refractivity contribution in [3.63, 3.8) is 0 Å². The second kappa shape index (κ2) is 7.96. The van der Waals surface area contributed by atoms with Crippen molar-refractivity contribution in [2.75, 3.05) is 33.9 Å². The number of nitrogens with zero attached hydrogens (tertiary/aromatic N) is 1. The van der Waals surface area contributed by atoms with Gasteiger partial charge >= 0.3 is 6.09 Å². The Balaban J connectivity index is 2.23. The zero-order valence-electron chi connectivity index (χ0n) is 14.1. The molecule has 1 aliphatic rings. The molecule has 6 nitrogen and oxygen atoms in total. The number of hydrogen-bond donors (Lipinski definition) is 1. The van der Waals surface area contributed by atoms with Crippen LogP contribution in [0.25, 0.3) is 0 Å². The van der Waals surface area contributed by atoms with Gasteiger partial charge in [0.15, 0.2) is 0 Å². The van der Waals surface area contributed by atoms with Crippen molar-refractivity contribution in [2.24, 2.45) is 0 Å². The molecule has 0 spiro atoms. The number of likely N-dealkylation sites (N-methyl/N-ethyl adjacent to an activating group) is 1. The van der Waals surface area contributed by atoms with Crippen molar-refractivity contribution in [1.82, 2.24) is 10.2 Å². The van der Waals surface area contributed by atoms with Gasteiger partial charge < -0.3 is 24.4 Å². The first kappa shape index (κ1) is 18.2. The fourth-order valence-electron chi connectivity index (χ4n) is 2.32. The second-order valence-corrected chi connectivity index (χ2v) is 6.39. The Bertz CT molecular complexity index is 330. The summed E-state index contributed by atoms with van der Waals surface area (Å²) in [6.45, 7) is 9.59. The molecule has 124 valence electrons. The van der Waals surface area contributed by atoms with Gasteiger partial charge in [-0.25, -0.2) is 4.79 Å². The molecule has 6 heteroatoms. The molecular weight excluding hydrogens is 272 g/mol. The lowest BCUT2D eigenvalue weighted by atomic mass is 9.85. The topological polar surface area (TPSA) is 60.0 Å². The summed E-state index contributed by atoms with van der Waals surface area (Å²) in [6.07, 6.45) is 0.925. The van der Waals surface area contributed by atoms with Crippen molar-refractivity contribution in [2.45, 2.75) is 58.0 Å². The van der Waals surface area contributed by atoms with Crippen molar-refractivity contribution in [1.29, 1.82) is 0 Å². The maximum absolute atomic E-state index is 11.8. The Morgan fingerprint density at radius 1 is 1.38 bits per heavy atom. The lowest BCUT2D eigenvalue weighted by Gasteiger charge is -2.43. The Hall–Kier alpha value is -0.850. The minimum Gasteiger partial charge on any atom is -0.444 e. The second-order valence-electron chi connectivity index (χ2n) is 6.39. The largest absolute Gasteiger partial charge is 0.444 e. The van der Waals surface area contributed by atoms with E-state index in [0.29, 0.717) is 25.7 Å². The summed E-state index contributed by atoms with van der Waals surface area (Å²) < 4.78 is 16.3. The normalized spacial score (nSPS) is 25.3. The Labute approximate surface area is 128 Å². The zero-order valence-corrected chi connectivity index (χ0v) is 14.1. The quantitative estimate of drug-likeness (QED) is 0.774. The average molecular weight is 302 g/mol. The number of methoxy groups -OCH3 is 1. The molecule has 21 heavy (non-hydrogen) atoms. The molecule has 1 rings (SSSR count). The Morgan fingerprint density at radius 2 is 2.05 bits per heavy atom. The van der Waals surface area contributed by atoms with Gasteiger partial charge in [0.2, 0.25) is 0 Å². The van der Waals surface area contributed by atoms with Gasteiger partial charge in [-0.1, -0.05) is 0 Å². The molecule has 1 saturated carbocycles. The van der Waals surface area contributed by atoms with Crippen LogP contribution in [0, 0.1) is 0 Å². The number of carbonyl (C=O) groups excluding carboxylic acids is 1. The van der Waals surface area contributed by atoms with Crippen LogP contribution in [0.4, 0.5) is 4.79 Å². The van der Waals surface area contributed by atoms with Gasteiger partial charge in [-0.3, -0.25) is 0 Å². The standard InChI is InChI=1S/C15H30N2O4/c1-7-20-12-10-11(13(12)19-6)16-8-9-17(5)14(18)21-15(2,3)4/h11-13,16H,7-10H2,1-6H3. The van der Waals surface area contributed by atoms with E-state index in [0.717, 1.165) is 6.42 Å². The molecular formula is C15H30N2O4. The number of amides is 1. The van der Waals surface area contributed by atoms with Gasteiger partial charge in [-0.2, -0.15) is 0 Å². The highest BCUT2D eigenvalue weighted by molar-refractivity contribution is 5.67. The van der Waals surface area contributed by atoms with Crippen LogP contribution in [0.5, 0.6) is 0 Å². The summed E-state index contributed by atoms with van der Waals surface area (Å²) in [5, 5.41) is 3.40. The molecule has 1 fully saturated rings. The molecule has 0 aromatic heterocycles. The first-order chi connectivity index (χ1) is 9.78. The van der Waals surface area contributed by atoms with Crippen molar-refractivity contribution >= 4 is 6.09 Å². The number of nitrogens with one attached hydrogen (secondary N) is 1. The highest BCUT2D eigenvalue weighted by Crippen LogP contribution is 2.26.